The molecule has 134 valence electrons. The zero-order valence-electron chi connectivity index (χ0n) is 14.3. The average molecular weight is 378 g/mol. The van der Waals surface area contributed by atoms with Crippen LogP contribution in [0.3, 0.4) is 0 Å². The molecule has 0 aliphatic carbocycles. The van der Waals surface area contributed by atoms with E-state index in [4.69, 9.17) is 16.9 Å². The topological polar surface area (TPSA) is 90.7 Å². The molecule has 0 atom stereocenters. The quantitative estimate of drug-likeness (QED) is 0.679. The Kier molecular flexibility index (Phi) is 5.98. The van der Waals surface area contributed by atoms with Crippen molar-refractivity contribution in [3.63, 3.8) is 0 Å². The van der Waals surface area contributed by atoms with E-state index in [1.165, 1.54) is 0 Å². The molecule has 0 unspecified atom stereocenters. The molecule has 0 aliphatic rings. The number of carbonyl (C=O) groups excluding carboxylic acids is 1. The van der Waals surface area contributed by atoms with Crippen molar-refractivity contribution in [1.82, 2.24) is 10.2 Å². The molecule has 2 N–H and O–H groups in total. The Morgan fingerprint density at radius 1 is 1.07 bits per heavy atom. The number of nitrogens with one attached hydrogen (secondary N) is 2. The number of benzene rings is 2. The van der Waals surface area contributed by atoms with E-state index in [1.54, 1.807) is 36.4 Å². The van der Waals surface area contributed by atoms with Gasteiger partial charge in [-0.05, 0) is 48.4 Å². The molecule has 3 rings (SSSR count). The lowest BCUT2D eigenvalue weighted by molar-refractivity contribution is 0.102. The molecule has 27 heavy (non-hydrogen) atoms. The largest absolute Gasteiger partial charge is 0.368 e. The number of halogens is 1. The molecule has 0 radical (unpaired) electrons. The molecule has 1 aromatic heterocycles. The van der Waals surface area contributed by atoms with E-state index in [2.05, 4.69) is 20.8 Å². The number of para-hydroxylation sites is 1. The molecule has 1 amide bonds. The third-order valence-corrected chi connectivity index (χ3v) is 4.04. The lowest BCUT2D eigenvalue weighted by Crippen LogP contribution is -2.16. The highest BCUT2D eigenvalue weighted by Gasteiger charge is 2.11. The van der Waals surface area contributed by atoms with Crippen LogP contribution < -0.4 is 10.6 Å². The van der Waals surface area contributed by atoms with Gasteiger partial charge in [-0.3, -0.25) is 4.79 Å². The predicted molar refractivity (Wildman–Crippen MR) is 105 cm³/mol. The van der Waals surface area contributed by atoms with Gasteiger partial charge in [0.1, 0.15) is 11.9 Å². The van der Waals surface area contributed by atoms with E-state index in [1.807, 2.05) is 30.3 Å². The molecule has 0 aliphatic heterocycles. The Hall–Kier alpha value is -3.43. The Morgan fingerprint density at radius 3 is 2.67 bits per heavy atom. The summed E-state index contributed by atoms with van der Waals surface area (Å²) in [6.45, 7) is 0.663. The monoisotopic (exact) mass is 377 g/mol. The Morgan fingerprint density at radius 2 is 1.93 bits per heavy atom. The van der Waals surface area contributed by atoms with Gasteiger partial charge in [0.15, 0.2) is 5.69 Å². The average Bonchev–Trinajstić information content (AvgIpc) is 2.69. The van der Waals surface area contributed by atoms with Gasteiger partial charge in [0.2, 0.25) is 0 Å². The molecule has 0 bridgehead atoms. The van der Waals surface area contributed by atoms with Gasteiger partial charge < -0.3 is 10.6 Å². The Bertz CT molecular complexity index is 982. The summed E-state index contributed by atoms with van der Waals surface area (Å²) in [5.74, 6) is 0.154. The van der Waals surface area contributed by atoms with Crippen LogP contribution in [0.4, 0.5) is 11.5 Å². The number of anilines is 2. The number of carbonyl (C=O) groups is 1. The minimum atomic E-state index is -0.421. The number of aromatic nitrogens is 2. The number of amides is 1. The van der Waals surface area contributed by atoms with Crippen molar-refractivity contribution >= 4 is 29.0 Å². The maximum Gasteiger partial charge on any atom is 0.276 e. The number of nitriles is 1. The van der Waals surface area contributed by atoms with E-state index in [0.29, 0.717) is 28.6 Å². The van der Waals surface area contributed by atoms with Crippen LogP contribution >= 0.6 is 11.6 Å². The van der Waals surface area contributed by atoms with Crippen LogP contribution in [0.25, 0.3) is 0 Å². The first-order chi connectivity index (χ1) is 13.2. The van der Waals surface area contributed by atoms with Crippen LogP contribution in [-0.4, -0.2) is 22.6 Å². The fraction of sp³-hybridized carbons (Fsp3) is 0.100. The molecule has 0 fully saturated rings. The van der Waals surface area contributed by atoms with E-state index < -0.39 is 5.91 Å². The highest BCUT2D eigenvalue weighted by Crippen LogP contribution is 2.15. The second-order valence-corrected chi connectivity index (χ2v) is 6.16. The molecular weight excluding hydrogens is 362 g/mol. The van der Waals surface area contributed by atoms with Gasteiger partial charge in [-0.1, -0.05) is 35.9 Å². The summed E-state index contributed by atoms with van der Waals surface area (Å²) < 4.78 is 0. The number of rotatable bonds is 6. The van der Waals surface area contributed by atoms with Crippen molar-refractivity contribution in [3.05, 3.63) is 82.5 Å². The van der Waals surface area contributed by atoms with Crippen LogP contribution in [0.1, 0.15) is 21.6 Å². The smallest absolute Gasteiger partial charge is 0.276 e. The lowest BCUT2D eigenvalue weighted by atomic mass is 10.1. The normalized spacial score (nSPS) is 10.1. The number of hydrogen-bond acceptors (Lipinski definition) is 5. The predicted octanol–water partition coefficient (Wildman–Crippen LogP) is 3.91. The number of nitrogens with zero attached hydrogens (tertiary/aromatic N) is 3. The molecule has 3 aromatic rings. The van der Waals surface area contributed by atoms with Gasteiger partial charge in [0, 0.05) is 11.6 Å². The van der Waals surface area contributed by atoms with Crippen molar-refractivity contribution in [2.24, 2.45) is 0 Å². The standard InChI is InChI=1S/C20H16ClN5O/c21-16-6-3-4-14(12-16)10-11-23-19-9-8-18(25-26-19)20(27)24-17-7-2-1-5-15(17)13-22/h1-9,12H,10-11H2,(H,23,26)(H,24,27). The zero-order valence-corrected chi connectivity index (χ0v) is 15.1. The molecule has 2 aromatic carbocycles. The maximum atomic E-state index is 12.3. The maximum absolute atomic E-state index is 12.3. The summed E-state index contributed by atoms with van der Waals surface area (Å²) in [7, 11) is 0. The summed E-state index contributed by atoms with van der Waals surface area (Å²) >= 11 is 5.97. The highest BCUT2D eigenvalue weighted by molar-refractivity contribution is 6.30. The molecule has 1 heterocycles. The van der Waals surface area contributed by atoms with Crippen LogP contribution in [-0.2, 0) is 6.42 Å². The van der Waals surface area contributed by atoms with Crippen molar-refractivity contribution in [1.29, 1.82) is 5.26 Å². The van der Waals surface area contributed by atoms with Crippen LogP contribution in [0, 0.1) is 11.3 Å². The van der Waals surface area contributed by atoms with Gasteiger partial charge in [0.25, 0.3) is 5.91 Å². The van der Waals surface area contributed by atoms with E-state index in [9.17, 15) is 4.79 Å². The summed E-state index contributed by atoms with van der Waals surface area (Å²) in [4.78, 5) is 12.3. The SMILES string of the molecule is N#Cc1ccccc1NC(=O)c1ccc(NCCc2cccc(Cl)c2)nn1. The number of hydrogen-bond donors (Lipinski definition) is 2. The van der Waals surface area contributed by atoms with Crippen molar-refractivity contribution in [2.45, 2.75) is 6.42 Å². The first kappa shape index (κ1) is 18.4. The first-order valence-corrected chi connectivity index (χ1v) is 8.66. The highest BCUT2D eigenvalue weighted by atomic mass is 35.5. The second kappa shape index (κ2) is 8.79. The second-order valence-electron chi connectivity index (χ2n) is 5.72. The fourth-order valence-corrected chi connectivity index (χ4v) is 2.66. The molecule has 0 spiro atoms. The van der Waals surface area contributed by atoms with Crippen molar-refractivity contribution < 1.29 is 4.79 Å². The van der Waals surface area contributed by atoms with Crippen LogP contribution in [0.2, 0.25) is 5.02 Å². The van der Waals surface area contributed by atoms with Gasteiger partial charge in [-0.15, -0.1) is 10.2 Å². The Balaban J connectivity index is 1.56. The van der Waals surface area contributed by atoms with E-state index >= 15 is 0 Å². The van der Waals surface area contributed by atoms with Crippen molar-refractivity contribution in [3.8, 4) is 6.07 Å². The van der Waals surface area contributed by atoms with Crippen LogP contribution in [0.15, 0.2) is 60.7 Å². The van der Waals surface area contributed by atoms with Gasteiger partial charge >= 0.3 is 0 Å². The molecular formula is C20H16ClN5O. The third-order valence-electron chi connectivity index (χ3n) is 3.80. The zero-order chi connectivity index (χ0) is 19.1. The molecule has 0 saturated carbocycles. The van der Waals surface area contributed by atoms with Crippen LogP contribution in [0.5, 0.6) is 0 Å². The first-order valence-electron chi connectivity index (χ1n) is 8.28. The lowest BCUT2D eigenvalue weighted by Gasteiger charge is -2.07. The minimum Gasteiger partial charge on any atom is -0.368 e. The Labute approximate surface area is 161 Å². The summed E-state index contributed by atoms with van der Waals surface area (Å²) in [6, 6.07) is 19.8. The van der Waals surface area contributed by atoms with Gasteiger partial charge in [0.05, 0.1) is 11.3 Å². The molecule has 0 saturated heterocycles. The minimum absolute atomic E-state index is 0.170. The van der Waals surface area contributed by atoms with E-state index in [0.717, 1.165) is 12.0 Å². The molecule has 6 nitrogen and oxygen atoms in total. The summed E-state index contributed by atoms with van der Waals surface area (Å²) in [5.41, 5.74) is 2.12. The fourth-order valence-electron chi connectivity index (χ4n) is 2.45. The molecule has 7 heteroatoms. The van der Waals surface area contributed by atoms with Gasteiger partial charge in [-0.25, -0.2) is 0 Å². The summed E-state index contributed by atoms with van der Waals surface area (Å²) in [6.07, 6.45) is 0.787. The third kappa shape index (κ3) is 5.03. The summed E-state index contributed by atoms with van der Waals surface area (Å²) in [5, 5.41) is 23.6. The van der Waals surface area contributed by atoms with E-state index in [-0.39, 0.29) is 5.69 Å². The van der Waals surface area contributed by atoms with Gasteiger partial charge in [-0.2, -0.15) is 5.26 Å². The van der Waals surface area contributed by atoms with Crippen molar-refractivity contribution in [2.75, 3.05) is 17.2 Å².